The Hall–Kier alpha value is -4.12. The van der Waals surface area contributed by atoms with Gasteiger partial charge in [-0.15, -0.1) is 0 Å². The van der Waals surface area contributed by atoms with Gasteiger partial charge in [-0.05, 0) is 61.2 Å². The number of unbranched alkanes of at least 4 members (excludes halogenated alkanes) is 1. The zero-order valence-corrected chi connectivity index (χ0v) is 25.3. The quantitative estimate of drug-likeness (QED) is 0.268. The molecule has 9 nitrogen and oxygen atoms in total. The second-order valence-corrected chi connectivity index (χ2v) is 12.0. The summed E-state index contributed by atoms with van der Waals surface area (Å²) in [7, 11) is -4.34. The number of fused-ring (bicyclic) bond motifs is 1. The summed E-state index contributed by atoms with van der Waals surface area (Å²) in [5.74, 6) is -0.705. The number of rotatable bonds is 14. The number of halogens is 1. The molecule has 0 radical (unpaired) electrons. The van der Waals surface area contributed by atoms with Crippen LogP contribution in [0.3, 0.4) is 0 Å². The summed E-state index contributed by atoms with van der Waals surface area (Å²) < 4.78 is 54.1. The molecule has 0 aromatic heterocycles. The number of benzene rings is 3. The fourth-order valence-electron chi connectivity index (χ4n) is 4.85. The van der Waals surface area contributed by atoms with Crippen LogP contribution in [0.2, 0.25) is 0 Å². The van der Waals surface area contributed by atoms with Gasteiger partial charge in [-0.3, -0.25) is 13.9 Å². The second-order valence-electron chi connectivity index (χ2n) is 10.2. The molecule has 0 spiro atoms. The van der Waals surface area contributed by atoms with Gasteiger partial charge in [0, 0.05) is 19.2 Å². The number of carbonyl (C=O) groups is 2. The Morgan fingerprint density at radius 2 is 1.65 bits per heavy atom. The van der Waals surface area contributed by atoms with Crippen molar-refractivity contribution in [2.24, 2.45) is 0 Å². The van der Waals surface area contributed by atoms with E-state index in [-0.39, 0.29) is 35.4 Å². The van der Waals surface area contributed by atoms with Crippen LogP contribution in [0.25, 0.3) is 0 Å². The number of amides is 2. The molecule has 4 rings (SSSR count). The summed E-state index contributed by atoms with van der Waals surface area (Å²) in [6, 6.07) is 17.9. The Balaban J connectivity index is 1.68. The zero-order valence-electron chi connectivity index (χ0n) is 24.5. The highest BCUT2D eigenvalue weighted by Crippen LogP contribution is 2.34. The monoisotopic (exact) mass is 611 g/mol. The first-order valence-electron chi connectivity index (χ1n) is 14.5. The molecule has 230 valence electrons. The van der Waals surface area contributed by atoms with E-state index >= 15 is 0 Å². The lowest BCUT2D eigenvalue weighted by molar-refractivity contribution is -0.139. The standard InChI is InChI=1S/C32H38FN3O6S/c1-3-5-18-34-32(38)28(4-2)35(19-17-24-9-7-6-8-10-24)31(37)23-36(26-13-11-25(33)12-14-26)43(39,40)27-15-16-29-30(22-27)42-21-20-41-29/h6-16,22,28H,3-5,17-21,23H2,1-2H3,(H,34,38)/t28-/m1/s1. The van der Waals surface area contributed by atoms with Crippen LogP contribution in [0.15, 0.2) is 77.7 Å². The molecule has 0 saturated carbocycles. The van der Waals surface area contributed by atoms with E-state index in [1.807, 2.05) is 44.2 Å². The molecule has 3 aromatic rings. The first-order valence-corrected chi connectivity index (χ1v) is 16.0. The van der Waals surface area contributed by atoms with Crippen molar-refractivity contribution in [1.29, 1.82) is 0 Å². The number of ether oxygens (including phenoxy) is 2. The van der Waals surface area contributed by atoms with Gasteiger partial charge in [0.2, 0.25) is 11.8 Å². The smallest absolute Gasteiger partial charge is 0.264 e. The molecule has 0 fully saturated rings. The Morgan fingerprint density at radius 3 is 2.33 bits per heavy atom. The van der Waals surface area contributed by atoms with Gasteiger partial charge in [-0.2, -0.15) is 0 Å². The molecule has 11 heteroatoms. The number of hydrogen-bond acceptors (Lipinski definition) is 6. The molecule has 1 atom stereocenters. The third kappa shape index (κ3) is 8.04. The normalized spacial score (nSPS) is 13.2. The maximum atomic E-state index is 14.1. The minimum absolute atomic E-state index is 0.105. The third-order valence-corrected chi connectivity index (χ3v) is 8.96. The molecule has 0 unspecified atom stereocenters. The van der Waals surface area contributed by atoms with Crippen LogP contribution >= 0.6 is 0 Å². The molecule has 1 aliphatic rings. The maximum absolute atomic E-state index is 14.1. The molecule has 43 heavy (non-hydrogen) atoms. The van der Waals surface area contributed by atoms with Gasteiger partial charge in [0.25, 0.3) is 10.0 Å². The molecular formula is C32H38FN3O6S. The largest absolute Gasteiger partial charge is 0.486 e. The van der Waals surface area contributed by atoms with E-state index in [1.54, 1.807) is 0 Å². The van der Waals surface area contributed by atoms with Crippen molar-refractivity contribution in [3.63, 3.8) is 0 Å². The van der Waals surface area contributed by atoms with E-state index in [9.17, 15) is 22.4 Å². The first kappa shape index (κ1) is 31.8. The lowest BCUT2D eigenvalue weighted by atomic mass is 10.1. The van der Waals surface area contributed by atoms with Crippen LogP contribution in [0.4, 0.5) is 10.1 Å². The van der Waals surface area contributed by atoms with Crippen molar-refractivity contribution in [2.75, 3.05) is 37.2 Å². The molecule has 0 bridgehead atoms. The van der Waals surface area contributed by atoms with Crippen LogP contribution in [0.5, 0.6) is 11.5 Å². The van der Waals surface area contributed by atoms with Crippen molar-refractivity contribution in [2.45, 2.75) is 50.5 Å². The highest BCUT2D eigenvalue weighted by Gasteiger charge is 2.34. The lowest BCUT2D eigenvalue weighted by Gasteiger charge is -2.33. The number of nitrogens with zero attached hydrogens (tertiary/aromatic N) is 2. The first-order chi connectivity index (χ1) is 20.7. The van der Waals surface area contributed by atoms with Crippen molar-refractivity contribution in [3.05, 3.63) is 84.2 Å². The van der Waals surface area contributed by atoms with E-state index < -0.39 is 34.3 Å². The summed E-state index contributed by atoms with van der Waals surface area (Å²) in [6.45, 7) is 4.53. The number of hydrogen-bond donors (Lipinski definition) is 1. The van der Waals surface area contributed by atoms with Gasteiger partial charge >= 0.3 is 0 Å². The van der Waals surface area contributed by atoms with E-state index in [4.69, 9.17) is 9.47 Å². The Morgan fingerprint density at radius 1 is 0.953 bits per heavy atom. The third-order valence-electron chi connectivity index (χ3n) is 7.19. The Labute approximate surface area is 252 Å². The average Bonchev–Trinajstić information content (AvgIpc) is 3.02. The van der Waals surface area contributed by atoms with Crippen LogP contribution in [-0.2, 0) is 26.0 Å². The minimum Gasteiger partial charge on any atom is -0.486 e. The van der Waals surface area contributed by atoms with E-state index in [0.29, 0.717) is 31.7 Å². The fraction of sp³-hybridized carbons (Fsp3) is 0.375. The summed E-state index contributed by atoms with van der Waals surface area (Å²) in [4.78, 5) is 28.7. The van der Waals surface area contributed by atoms with Gasteiger partial charge in [0.05, 0.1) is 10.6 Å². The predicted molar refractivity (Wildman–Crippen MR) is 162 cm³/mol. The Bertz CT molecular complexity index is 1480. The number of nitrogens with one attached hydrogen (secondary N) is 1. The average molecular weight is 612 g/mol. The topological polar surface area (TPSA) is 105 Å². The van der Waals surface area contributed by atoms with Crippen molar-refractivity contribution in [1.82, 2.24) is 10.2 Å². The van der Waals surface area contributed by atoms with Crippen molar-refractivity contribution >= 4 is 27.5 Å². The molecular weight excluding hydrogens is 573 g/mol. The van der Waals surface area contributed by atoms with Gasteiger partial charge in [-0.1, -0.05) is 50.6 Å². The molecule has 1 heterocycles. The SMILES string of the molecule is CCCCNC(=O)[C@@H](CC)N(CCc1ccccc1)C(=O)CN(c1ccc(F)cc1)S(=O)(=O)c1ccc2c(c1)OCCO2. The minimum atomic E-state index is -4.34. The van der Waals surface area contributed by atoms with Crippen LogP contribution in [-0.4, -0.2) is 64.0 Å². The van der Waals surface area contributed by atoms with E-state index in [1.165, 1.54) is 35.2 Å². The molecule has 1 aliphatic heterocycles. The molecule has 0 aliphatic carbocycles. The molecule has 1 N–H and O–H groups in total. The van der Waals surface area contributed by atoms with Gasteiger partial charge in [0.1, 0.15) is 31.6 Å². The van der Waals surface area contributed by atoms with Gasteiger partial charge < -0.3 is 19.7 Å². The molecule has 3 aromatic carbocycles. The highest BCUT2D eigenvalue weighted by atomic mass is 32.2. The molecule has 2 amide bonds. The van der Waals surface area contributed by atoms with Crippen LogP contribution in [0, 0.1) is 5.82 Å². The highest BCUT2D eigenvalue weighted by molar-refractivity contribution is 7.92. The van der Waals surface area contributed by atoms with Crippen molar-refractivity contribution in [3.8, 4) is 11.5 Å². The second kappa shape index (κ2) is 14.9. The number of carbonyl (C=O) groups excluding carboxylic acids is 2. The number of anilines is 1. The maximum Gasteiger partial charge on any atom is 0.264 e. The van der Waals surface area contributed by atoms with E-state index in [2.05, 4.69) is 5.32 Å². The predicted octanol–water partition coefficient (Wildman–Crippen LogP) is 4.56. The van der Waals surface area contributed by atoms with Gasteiger partial charge in [0.15, 0.2) is 11.5 Å². The van der Waals surface area contributed by atoms with Crippen molar-refractivity contribution < 1.29 is 31.9 Å². The zero-order chi connectivity index (χ0) is 30.8. The van der Waals surface area contributed by atoms with Crippen LogP contribution < -0.4 is 19.1 Å². The summed E-state index contributed by atoms with van der Waals surface area (Å²) in [5, 5.41) is 2.91. The fourth-order valence-corrected chi connectivity index (χ4v) is 6.28. The number of sulfonamides is 1. The summed E-state index contributed by atoms with van der Waals surface area (Å²) in [6.07, 6.45) is 2.51. The van der Waals surface area contributed by atoms with Gasteiger partial charge in [-0.25, -0.2) is 12.8 Å². The lowest BCUT2D eigenvalue weighted by Crippen LogP contribution is -2.53. The van der Waals surface area contributed by atoms with Crippen LogP contribution in [0.1, 0.15) is 38.7 Å². The summed E-state index contributed by atoms with van der Waals surface area (Å²) in [5.41, 5.74) is 1.08. The molecule has 0 saturated heterocycles. The Kier molecular flexibility index (Phi) is 11.0. The summed E-state index contributed by atoms with van der Waals surface area (Å²) >= 11 is 0. The van der Waals surface area contributed by atoms with E-state index in [0.717, 1.165) is 34.8 Å².